The molecule has 25 heavy (non-hydrogen) atoms. The molecule has 138 valence electrons. The zero-order chi connectivity index (χ0) is 18.0. The zero-order valence-electron chi connectivity index (χ0n) is 14.5. The Morgan fingerprint density at radius 3 is 2.44 bits per heavy atom. The summed E-state index contributed by atoms with van der Waals surface area (Å²) < 4.78 is 27.3. The van der Waals surface area contributed by atoms with E-state index in [1.54, 1.807) is 0 Å². The SMILES string of the molecule is CC1CCN(S(=O)(=O)c2ccc(Cl)c(C(=O)NC3CCCC3)c2)CC1. The van der Waals surface area contributed by atoms with Crippen LogP contribution in [0.3, 0.4) is 0 Å². The molecule has 0 aromatic heterocycles. The van der Waals surface area contributed by atoms with Gasteiger partial charge in [-0.05, 0) is 49.8 Å². The molecule has 1 saturated carbocycles. The molecule has 1 N–H and O–H groups in total. The molecule has 7 heteroatoms. The Bertz CT molecular complexity index is 737. The topological polar surface area (TPSA) is 66.5 Å². The van der Waals surface area contributed by atoms with E-state index >= 15 is 0 Å². The lowest BCUT2D eigenvalue weighted by atomic mass is 10.0. The summed E-state index contributed by atoms with van der Waals surface area (Å²) in [6.45, 7) is 3.18. The molecule has 1 aliphatic heterocycles. The Hall–Kier alpha value is -1.11. The van der Waals surface area contributed by atoms with Crippen molar-refractivity contribution in [1.82, 2.24) is 9.62 Å². The van der Waals surface area contributed by atoms with Gasteiger partial charge in [-0.2, -0.15) is 4.31 Å². The van der Waals surface area contributed by atoms with E-state index in [4.69, 9.17) is 11.6 Å². The molecule has 1 saturated heterocycles. The van der Waals surface area contributed by atoms with Gasteiger partial charge < -0.3 is 5.32 Å². The van der Waals surface area contributed by atoms with Gasteiger partial charge in [0.15, 0.2) is 0 Å². The number of hydrogen-bond acceptors (Lipinski definition) is 3. The minimum absolute atomic E-state index is 0.142. The maximum absolute atomic E-state index is 12.9. The van der Waals surface area contributed by atoms with Crippen LogP contribution < -0.4 is 5.32 Å². The normalized spacial score (nSPS) is 20.7. The minimum atomic E-state index is -3.59. The Morgan fingerprint density at radius 2 is 1.80 bits per heavy atom. The lowest BCUT2D eigenvalue weighted by Crippen LogP contribution is -2.38. The van der Waals surface area contributed by atoms with Gasteiger partial charge in [-0.1, -0.05) is 31.4 Å². The van der Waals surface area contributed by atoms with Crippen molar-refractivity contribution in [3.05, 3.63) is 28.8 Å². The van der Waals surface area contributed by atoms with Crippen molar-refractivity contribution in [1.29, 1.82) is 0 Å². The third-order valence-electron chi connectivity index (χ3n) is 5.25. The maximum Gasteiger partial charge on any atom is 0.253 e. The molecule has 0 spiro atoms. The highest BCUT2D eigenvalue weighted by Crippen LogP contribution is 2.27. The summed E-state index contributed by atoms with van der Waals surface area (Å²) in [6.07, 6.45) is 5.88. The van der Waals surface area contributed by atoms with E-state index < -0.39 is 10.0 Å². The van der Waals surface area contributed by atoms with E-state index in [-0.39, 0.29) is 27.4 Å². The van der Waals surface area contributed by atoms with Gasteiger partial charge in [0, 0.05) is 19.1 Å². The van der Waals surface area contributed by atoms with Crippen LogP contribution in [0.4, 0.5) is 0 Å². The first-order valence-corrected chi connectivity index (χ1v) is 10.8. The number of piperidine rings is 1. The molecule has 2 fully saturated rings. The van der Waals surface area contributed by atoms with Crippen molar-refractivity contribution < 1.29 is 13.2 Å². The second kappa shape index (κ2) is 7.64. The van der Waals surface area contributed by atoms with Crippen LogP contribution in [0.15, 0.2) is 23.1 Å². The summed E-state index contributed by atoms with van der Waals surface area (Å²) in [5.41, 5.74) is 0.236. The summed E-state index contributed by atoms with van der Waals surface area (Å²) in [7, 11) is -3.59. The highest BCUT2D eigenvalue weighted by molar-refractivity contribution is 7.89. The number of sulfonamides is 1. The van der Waals surface area contributed by atoms with Crippen molar-refractivity contribution in [2.24, 2.45) is 5.92 Å². The van der Waals surface area contributed by atoms with Crippen LogP contribution in [0, 0.1) is 5.92 Å². The molecule has 0 radical (unpaired) electrons. The van der Waals surface area contributed by atoms with Crippen molar-refractivity contribution in [3.8, 4) is 0 Å². The minimum Gasteiger partial charge on any atom is -0.349 e. The average Bonchev–Trinajstić information content (AvgIpc) is 3.08. The molecule has 0 atom stereocenters. The molecule has 1 aromatic rings. The number of amides is 1. The van der Waals surface area contributed by atoms with E-state index in [2.05, 4.69) is 12.2 Å². The van der Waals surface area contributed by atoms with Gasteiger partial charge >= 0.3 is 0 Å². The molecule has 1 amide bonds. The maximum atomic E-state index is 12.9. The summed E-state index contributed by atoms with van der Waals surface area (Å²) in [5, 5.41) is 3.25. The molecule has 0 bridgehead atoms. The van der Waals surface area contributed by atoms with Gasteiger partial charge in [-0.25, -0.2) is 8.42 Å². The largest absolute Gasteiger partial charge is 0.349 e. The molecule has 3 rings (SSSR count). The number of hydrogen-bond donors (Lipinski definition) is 1. The smallest absolute Gasteiger partial charge is 0.253 e. The Labute approximate surface area is 154 Å². The molecule has 2 aliphatic rings. The first kappa shape index (κ1) is 18.7. The van der Waals surface area contributed by atoms with Crippen LogP contribution in [0.25, 0.3) is 0 Å². The fraction of sp³-hybridized carbons (Fsp3) is 0.611. The van der Waals surface area contributed by atoms with Crippen LogP contribution in [-0.2, 0) is 10.0 Å². The van der Waals surface area contributed by atoms with Crippen molar-refractivity contribution in [2.45, 2.75) is 56.4 Å². The highest BCUT2D eigenvalue weighted by Gasteiger charge is 2.29. The van der Waals surface area contributed by atoms with Crippen molar-refractivity contribution >= 4 is 27.5 Å². The Balaban J connectivity index is 1.81. The second-order valence-electron chi connectivity index (χ2n) is 7.18. The first-order chi connectivity index (χ1) is 11.9. The molecule has 1 aromatic carbocycles. The average molecular weight is 385 g/mol. The number of rotatable bonds is 4. The van der Waals surface area contributed by atoms with Gasteiger partial charge in [-0.15, -0.1) is 0 Å². The predicted molar refractivity (Wildman–Crippen MR) is 98.3 cm³/mol. The van der Waals surface area contributed by atoms with Crippen LogP contribution in [-0.4, -0.2) is 37.8 Å². The van der Waals surface area contributed by atoms with Gasteiger partial charge in [-0.3, -0.25) is 4.79 Å². The summed E-state index contributed by atoms with van der Waals surface area (Å²) in [4.78, 5) is 12.7. The van der Waals surface area contributed by atoms with Crippen molar-refractivity contribution in [2.75, 3.05) is 13.1 Å². The number of nitrogens with zero attached hydrogens (tertiary/aromatic N) is 1. The molecule has 5 nitrogen and oxygen atoms in total. The lowest BCUT2D eigenvalue weighted by Gasteiger charge is -2.29. The standard InChI is InChI=1S/C18H25ClN2O3S/c1-13-8-10-21(11-9-13)25(23,24)15-6-7-17(19)16(12-15)18(22)20-14-4-2-3-5-14/h6-7,12-14H,2-5,8-11H2,1H3,(H,20,22). The monoisotopic (exact) mass is 384 g/mol. The third-order valence-corrected chi connectivity index (χ3v) is 7.48. The van der Waals surface area contributed by atoms with E-state index in [1.165, 1.54) is 22.5 Å². The van der Waals surface area contributed by atoms with Crippen LogP contribution in [0.1, 0.15) is 55.8 Å². The molecular formula is C18H25ClN2O3S. The van der Waals surface area contributed by atoms with Gasteiger partial charge in [0.2, 0.25) is 10.0 Å². The summed E-state index contributed by atoms with van der Waals surface area (Å²) in [6, 6.07) is 4.57. The summed E-state index contributed by atoms with van der Waals surface area (Å²) >= 11 is 6.16. The number of carbonyl (C=O) groups excluding carboxylic acids is 1. The Morgan fingerprint density at radius 1 is 1.16 bits per heavy atom. The number of halogens is 1. The molecule has 0 unspecified atom stereocenters. The number of benzene rings is 1. The van der Waals surface area contributed by atoms with E-state index in [1.807, 2.05) is 0 Å². The van der Waals surface area contributed by atoms with Gasteiger partial charge in [0.05, 0.1) is 15.5 Å². The third kappa shape index (κ3) is 4.18. The fourth-order valence-corrected chi connectivity index (χ4v) is 5.25. The van der Waals surface area contributed by atoms with Crippen LogP contribution >= 0.6 is 11.6 Å². The zero-order valence-corrected chi connectivity index (χ0v) is 16.1. The fourth-order valence-electron chi connectivity index (χ4n) is 3.55. The Kier molecular flexibility index (Phi) is 5.71. The molecule has 1 heterocycles. The van der Waals surface area contributed by atoms with E-state index in [9.17, 15) is 13.2 Å². The predicted octanol–water partition coefficient (Wildman–Crippen LogP) is 3.43. The van der Waals surface area contributed by atoms with Crippen LogP contribution in [0.5, 0.6) is 0 Å². The number of carbonyl (C=O) groups is 1. The van der Waals surface area contributed by atoms with Gasteiger partial charge in [0.1, 0.15) is 0 Å². The molecular weight excluding hydrogens is 360 g/mol. The number of nitrogens with one attached hydrogen (secondary N) is 1. The van der Waals surface area contributed by atoms with Crippen LogP contribution in [0.2, 0.25) is 5.02 Å². The highest BCUT2D eigenvalue weighted by atomic mass is 35.5. The van der Waals surface area contributed by atoms with E-state index in [0.717, 1.165) is 38.5 Å². The first-order valence-electron chi connectivity index (χ1n) is 8.98. The second-order valence-corrected chi connectivity index (χ2v) is 9.53. The summed E-state index contributed by atoms with van der Waals surface area (Å²) in [5.74, 6) is 0.255. The van der Waals surface area contributed by atoms with Gasteiger partial charge in [0.25, 0.3) is 5.91 Å². The lowest BCUT2D eigenvalue weighted by molar-refractivity contribution is 0.0938. The molecule has 1 aliphatic carbocycles. The quantitative estimate of drug-likeness (QED) is 0.864. The van der Waals surface area contributed by atoms with E-state index in [0.29, 0.717) is 19.0 Å². The van der Waals surface area contributed by atoms with Crippen molar-refractivity contribution in [3.63, 3.8) is 0 Å².